The molecule has 0 saturated carbocycles. The lowest BCUT2D eigenvalue weighted by molar-refractivity contribution is 1.07. The second-order valence-electron chi connectivity index (χ2n) is 32.2. The van der Waals surface area contributed by atoms with Crippen molar-refractivity contribution in [2.24, 2.45) is 0 Å². The Kier molecular flexibility index (Phi) is 19.1. The van der Waals surface area contributed by atoms with Crippen molar-refractivity contribution in [3.63, 3.8) is 0 Å². The molecule has 26 aromatic rings. The van der Waals surface area contributed by atoms with Gasteiger partial charge in [0.25, 0.3) is 0 Å². The summed E-state index contributed by atoms with van der Waals surface area (Å²) in [5, 5.41) is 8.38. The maximum Gasteiger partial charge on any atom is 0.165 e. The van der Waals surface area contributed by atoms with Crippen molar-refractivity contribution in [2.75, 3.05) is 0 Å². The lowest BCUT2D eigenvalue weighted by atomic mass is 9.98. The van der Waals surface area contributed by atoms with Crippen molar-refractivity contribution >= 4 is 105 Å². The van der Waals surface area contributed by atoms with Crippen LogP contribution in [0.2, 0.25) is 0 Å². The summed E-state index contributed by atoms with van der Waals surface area (Å²) in [6.07, 6.45) is 7.87. The number of hydrogen-bond acceptors (Lipinski definition) is 13. The van der Waals surface area contributed by atoms with Gasteiger partial charge >= 0.3 is 0 Å². The number of nitrogens with zero attached hydrogens (tertiary/aromatic N) is 16. The van der Waals surface area contributed by atoms with E-state index in [0.717, 1.165) is 200 Å². The van der Waals surface area contributed by atoms with Crippen LogP contribution in [0.1, 0.15) is 0 Å². The minimum atomic E-state index is 0.594. The van der Waals surface area contributed by atoms with E-state index in [0.29, 0.717) is 23.3 Å². The van der Waals surface area contributed by atoms with Gasteiger partial charge in [-0.3, -0.25) is 18.2 Å². The number of aromatic nitrogens is 16. The molecule has 0 radical (unpaired) electrons. The van der Waals surface area contributed by atoms with Crippen molar-refractivity contribution in [2.45, 2.75) is 0 Å². The van der Waals surface area contributed by atoms with Crippen molar-refractivity contribution in [3.05, 3.63) is 437 Å². The SMILES string of the molecule is c1ccc(-c2ccc(-c3cc(-c4ccc5c(c4)c(-c4ccccc4)nc4c5nc5ccccn54)nc(-c4ccccc4)n3)cc2)cc1.c1ccc(-c2ccc(-c3nc(-c4ccccc4)nc(-c4ccc5c(c4)c(-c4ccccc4)nc4c5nc5ccccn54)n3)cc2)cc1.c1ccc(-c2nc3c(nc4ccccn43)c3ccc(-c4ccc5ccc6cccnc6c5n4)cc23)cc1. The number of rotatable bonds is 12. The number of benzene rings is 13. The molecule has 0 N–H and O–H groups in total. The van der Waals surface area contributed by atoms with Crippen LogP contribution in [0.3, 0.4) is 0 Å². The highest BCUT2D eigenvalue weighted by molar-refractivity contribution is 6.14. The Labute approximate surface area is 750 Å². The second kappa shape index (κ2) is 32.8. The molecule has 612 valence electrons. The van der Waals surface area contributed by atoms with Gasteiger partial charge in [0.1, 0.15) is 33.5 Å². The molecule has 26 rings (SSSR count). The van der Waals surface area contributed by atoms with Gasteiger partial charge < -0.3 is 0 Å². The maximum atomic E-state index is 5.23. The van der Waals surface area contributed by atoms with Crippen molar-refractivity contribution in [1.29, 1.82) is 0 Å². The minimum Gasteiger partial charge on any atom is -0.284 e. The molecular formula is C115H72N16. The first-order chi connectivity index (χ1) is 64.9. The standard InChI is InChI=1S/C42H27N5.C41H26N6.C32H19N5/c1-4-12-28(13-5-1)29-19-21-30(22-20-29)36-27-37(44-41(43-36)32-16-8-3-9-17-32)33-23-24-34-35(26-33)39(31-14-6-2-7-15-31)46-42-40(34)45-38-18-10-11-25-47(38)42;1-4-12-27(13-5-1)28-19-21-31(22-20-28)39-44-38(30-16-8-3-9-17-30)45-40(46-39)32-23-24-33-34(26-32)36(29-14-6-2-7-15-29)43-41-37(33)42-35-18-10-11-25-47(35)41;1-2-7-20(8-3-1)28-25-19-23(13-15-24(25)31-32(36-28)37-18-5-4-10-27(37)35-31)26-16-14-22-12-11-21-9-6-17-33-29(21)30(22)34-26/h1-27H;1-26H;1-19H. The molecule has 0 saturated heterocycles. The lowest BCUT2D eigenvalue weighted by Crippen LogP contribution is -2.00. The van der Waals surface area contributed by atoms with E-state index in [9.17, 15) is 0 Å². The van der Waals surface area contributed by atoms with Crippen LogP contribution in [0.4, 0.5) is 0 Å². The fraction of sp³-hybridized carbons (Fsp3) is 0. The Morgan fingerprint density at radius 2 is 0.466 bits per heavy atom. The van der Waals surface area contributed by atoms with Gasteiger partial charge in [-0.25, -0.2) is 59.8 Å². The Hall–Kier alpha value is -18.2. The second-order valence-corrected chi connectivity index (χ2v) is 32.2. The molecule has 0 spiro atoms. The van der Waals surface area contributed by atoms with Crippen LogP contribution in [0.5, 0.6) is 0 Å². The molecule has 16 heteroatoms. The molecule has 0 amide bonds. The molecule has 13 aromatic carbocycles. The van der Waals surface area contributed by atoms with Crippen molar-refractivity contribution in [1.82, 2.24) is 78.0 Å². The number of hydrogen-bond donors (Lipinski definition) is 0. The van der Waals surface area contributed by atoms with E-state index in [-0.39, 0.29) is 0 Å². The fourth-order valence-electron chi connectivity index (χ4n) is 17.7. The zero-order valence-electron chi connectivity index (χ0n) is 70.2. The van der Waals surface area contributed by atoms with Crippen molar-refractivity contribution < 1.29 is 0 Å². The molecule has 0 aliphatic rings. The molecule has 0 atom stereocenters. The van der Waals surface area contributed by atoms with Crippen molar-refractivity contribution in [3.8, 4) is 135 Å². The van der Waals surface area contributed by atoms with Gasteiger partial charge in [0.05, 0.1) is 45.2 Å². The van der Waals surface area contributed by atoms with E-state index >= 15 is 0 Å². The van der Waals surface area contributed by atoms with Crippen LogP contribution in [-0.4, -0.2) is 78.0 Å². The van der Waals surface area contributed by atoms with E-state index in [1.807, 2.05) is 193 Å². The van der Waals surface area contributed by atoms with Crippen LogP contribution in [0, 0.1) is 0 Å². The van der Waals surface area contributed by atoms with Gasteiger partial charge in [-0.1, -0.05) is 340 Å². The summed E-state index contributed by atoms with van der Waals surface area (Å²) < 4.78 is 6.15. The average Bonchev–Trinajstić information content (AvgIpc) is 1.64. The van der Waals surface area contributed by atoms with Crippen LogP contribution in [0.15, 0.2) is 437 Å². The monoisotopic (exact) mass is 1680 g/mol. The minimum absolute atomic E-state index is 0.594. The lowest BCUT2D eigenvalue weighted by Gasteiger charge is -2.12. The van der Waals surface area contributed by atoms with Crippen LogP contribution in [-0.2, 0) is 0 Å². The van der Waals surface area contributed by atoms with E-state index in [1.54, 1.807) is 0 Å². The first-order valence-electron chi connectivity index (χ1n) is 43.4. The maximum absolute atomic E-state index is 5.23. The largest absolute Gasteiger partial charge is 0.284 e. The molecule has 13 aromatic heterocycles. The Morgan fingerprint density at radius 1 is 0.160 bits per heavy atom. The number of fused-ring (bicyclic) bond motifs is 18. The van der Waals surface area contributed by atoms with E-state index in [1.165, 1.54) is 16.7 Å². The third-order valence-corrected chi connectivity index (χ3v) is 24.1. The third-order valence-electron chi connectivity index (χ3n) is 24.1. The van der Waals surface area contributed by atoms with Gasteiger partial charge in [-0.05, 0) is 95.1 Å². The summed E-state index contributed by atoms with van der Waals surface area (Å²) in [4.78, 5) is 65.4. The molecule has 0 aliphatic carbocycles. The zero-order chi connectivity index (χ0) is 86.7. The Bertz CT molecular complexity index is 8510. The van der Waals surface area contributed by atoms with Gasteiger partial charge in [0, 0.05) is 124 Å². The summed E-state index contributed by atoms with van der Waals surface area (Å²) in [5.74, 6) is 2.51. The highest BCUT2D eigenvalue weighted by Gasteiger charge is 2.24. The molecule has 0 aliphatic heterocycles. The summed E-state index contributed by atoms with van der Waals surface area (Å²) in [6, 6.07) is 141. The quantitative estimate of drug-likeness (QED) is 0.106. The predicted molar refractivity (Wildman–Crippen MR) is 529 cm³/mol. The predicted octanol–water partition coefficient (Wildman–Crippen LogP) is 27.2. The Balaban J connectivity index is 0.000000110. The smallest absolute Gasteiger partial charge is 0.165 e. The third kappa shape index (κ3) is 14.3. The normalized spacial score (nSPS) is 11.5. The molecule has 13 heterocycles. The van der Waals surface area contributed by atoms with E-state index < -0.39 is 0 Å². The first-order valence-corrected chi connectivity index (χ1v) is 43.4. The zero-order valence-corrected chi connectivity index (χ0v) is 70.2. The summed E-state index contributed by atoms with van der Waals surface area (Å²) in [7, 11) is 0. The summed E-state index contributed by atoms with van der Waals surface area (Å²) in [6.45, 7) is 0. The van der Waals surface area contributed by atoms with Gasteiger partial charge in [0.15, 0.2) is 40.2 Å². The highest BCUT2D eigenvalue weighted by atomic mass is 15.1. The van der Waals surface area contributed by atoms with Gasteiger partial charge in [-0.15, -0.1) is 0 Å². The van der Waals surface area contributed by atoms with Crippen LogP contribution >= 0.6 is 0 Å². The molecule has 0 fully saturated rings. The summed E-state index contributed by atoms with van der Waals surface area (Å²) in [5.41, 5.74) is 29.5. The first kappa shape index (κ1) is 76.5. The molecular weight excluding hydrogens is 1610 g/mol. The van der Waals surface area contributed by atoms with Crippen LogP contribution < -0.4 is 0 Å². The number of pyridine rings is 8. The van der Waals surface area contributed by atoms with Crippen LogP contribution in [0.25, 0.3) is 240 Å². The Morgan fingerprint density at radius 3 is 0.893 bits per heavy atom. The fourth-order valence-corrected chi connectivity index (χ4v) is 17.7. The topological polar surface area (TPSA) is 181 Å². The van der Waals surface area contributed by atoms with Gasteiger partial charge in [0.2, 0.25) is 0 Å². The molecule has 131 heavy (non-hydrogen) atoms. The molecule has 0 bridgehead atoms. The molecule has 0 unspecified atom stereocenters. The highest BCUT2D eigenvalue weighted by Crippen LogP contribution is 2.42. The van der Waals surface area contributed by atoms with E-state index in [2.05, 4.69) is 263 Å². The number of imidazole rings is 3. The average molecular weight is 1680 g/mol. The van der Waals surface area contributed by atoms with E-state index in [4.69, 9.17) is 59.8 Å². The summed E-state index contributed by atoms with van der Waals surface area (Å²) >= 11 is 0. The van der Waals surface area contributed by atoms with Gasteiger partial charge in [-0.2, -0.15) is 0 Å². The molecule has 16 nitrogen and oxygen atoms in total.